The van der Waals surface area contributed by atoms with Crippen LogP contribution in [0.15, 0.2) is 27.7 Å². The van der Waals surface area contributed by atoms with Crippen LogP contribution in [0.4, 0.5) is 0 Å². The Hall–Kier alpha value is -1.47. The summed E-state index contributed by atoms with van der Waals surface area (Å²) < 4.78 is 0.911. The summed E-state index contributed by atoms with van der Waals surface area (Å²) >= 11 is 3.32. The minimum atomic E-state index is -0.739. The highest BCUT2D eigenvalue weighted by Crippen LogP contribution is 2.05. The zero-order valence-electron chi connectivity index (χ0n) is 7.07. The Morgan fingerprint density at radius 3 is 3.00 bits per heavy atom. The van der Waals surface area contributed by atoms with Crippen molar-refractivity contribution in [2.45, 2.75) is 0 Å². The second kappa shape index (κ2) is 3.35. The number of amides is 1. The molecule has 0 radical (unpaired) electrons. The molecule has 3 nitrogen and oxygen atoms in total. The van der Waals surface area contributed by atoms with E-state index in [0.29, 0.717) is 5.36 Å². The molecule has 0 bridgehead atoms. The highest BCUT2D eigenvalue weighted by molar-refractivity contribution is 9.10. The average molecular weight is 249 g/mol. The molecule has 1 atom stereocenters. The van der Waals surface area contributed by atoms with E-state index in [1.165, 1.54) is 0 Å². The zero-order chi connectivity index (χ0) is 10.1. The van der Waals surface area contributed by atoms with Crippen LogP contribution in [0, 0.1) is 17.2 Å². The number of hydrogen-bond donors (Lipinski definition) is 0. The number of nitriles is 1. The van der Waals surface area contributed by atoms with E-state index in [-0.39, 0.29) is 5.91 Å². The molecule has 0 aliphatic carbocycles. The van der Waals surface area contributed by atoms with Crippen LogP contribution in [-0.2, 0) is 4.79 Å². The van der Waals surface area contributed by atoms with Crippen molar-refractivity contribution < 1.29 is 4.79 Å². The van der Waals surface area contributed by atoms with Gasteiger partial charge in [0.25, 0.3) is 5.91 Å². The lowest BCUT2D eigenvalue weighted by Crippen LogP contribution is -2.33. The number of halogens is 1. The third-order valence-electron chi connectivity index (χ3n) is 1.97. The van der Waals surface area contributed by atoms with Gasteiger partial charge in [0.2, 0.25) is 0 Å². The Labute approximate surface area is 88.5 Å². The number of carbonyl (C=O) groups is 1. The third-order valence-corrected chi connectivity index (χ3v) is 2.46. The van der Waals surface area contributed by atoms with Crippen LogP contribution in [0.3, 0.4) is 0 Å². The second-order valence-corrected chi connectivity index (χ2v) is 3.84. The van der Waals surface area contributed by atoms with Crippen LogP contribution in [0.2, 0.25) is 0 Å². The summed E-state index contributed by atoms with van der Waals surface area (Å²) in [5.74, 6) is -1.13. The summed E-state index contributed by atoms with van der Waals surface area (Å²) in [6.07, 6.45) is 1.63. The SMILES string of the molecule is N#CC1C=c2cc(Br)ccc2=NC1=O. The van der Waals surface area contributed by atoms with Crippen molar-refractivity contribution in [1.82, 2.24) is 0 Å². The fourth-order valence-corrected chi connectivity index (χ4v) is 1.67. The van der Waals surface area contributed by atoms with E-state index in [0.717, 1.165) is 9.69 Å². The molecule has 1 unspecified atom stereocenters. The van der Waals surface area contributed by atoms with Gasteiger partial charge in [-0.1, -0.05) is 15.9 Å². The number of benzene rings is 1. The number of rotatable bonds is 0. The first-order valence-electron chi connectivity index (χ1n) is 4.00. The summed E-state index contributed by atoms with van der Waals surface area (Å²) in [5, 5.41) is 10.1. The van der Waals surface area contributed by atoms with Gasteiger partial charge in [0, 0.05) is 4.47 Å². The zero-order valence-corrected chi connectivity index (χ0v) is 8.65. The minimum Gasteiger partial charge on any atom is -0.271 e. The lowest BCUT2D eigenvalue weighted by atomic mass is 10.1. The Balaban J connectivity index is 2.75. The van der Waals surface area contributed by atoms with Gasteiger partial charge in [-0.3, -0.25) is 4.79 Å². The fourth-order valence-electron chi connectivity index (χ4n) is 1.29. The molecule has 0 saturated heterocycles. The maximum Gasteiger partial charge on any atom is 0.267 e. The van der Waals surface area contributed by atoms with Crippen molar-refractivity contribution >= 4 is 27.9 Å². The first-order valence-corrected chi connectivity index (χ1v) is 4.79. The predicted molar refractivity (Wildman–Crippen MR) is 53.5 cm³/mol. The standard InChI is InChI=1S/C10H5BrN2O/c11-8-1-2-9-6(4-8)3-7(5-12)10(14)13-9/h1-4,7H. The van der Waals surface area contributed by atoms with Crippen molar-refractivity contribution in [3.63, 3.8) is 0 Å². The maximum absolute atomic E-state index is 11.2. The molecule has 1 aromatic rings. The largest absolute Gasteiger partial charge is 0.271 e. The van der Waals surface area contributed by atoms with Crippen molar-refractivity contribution in [3.05, 3.63) is 33.2 Å². The van der Waals surface area contributed by atoms with Gasteiger partial charge in [0.15, 0.2) is 0 Å². The number of nitrogens with zero attached hydrogens (tertiary/aromatic N) is 2. The van der Waals surface area contributed by atoms with Gasteiger partial charge < -0.3 is 0 Å². The number of carbonyl (C=O) groups excluding carboxylic acids is 1. The molecule has 14 heavy (non-hydrogen) atoms. The molecule has 1 amide bonds. The molecular weight excluding hydrogens is 244 g/mol. The van der Waals surface area contributed by atoms with E-state index in [9.17, 15) is 4.79 Å². The average Bonchev–Trinajstić information content (AvgIpc) is 2.17. The van der Waals surface area contributed by atoms with Gasteiger partial charge >= 0.3 is 0 Å². The highest BCUT2D eigenvalue weighted by Gasteiger charge is 2.16. The van der Waals surface area contributed by atoms with Crippen molar-refractivity contribution in [2.24, 2.45) is 10.9 Å². The first kappa shape index (κ1) is 9.10. The van der Waals surface area contributed by atoms with E-state index in [1.54, 1.807) is 12.1 Å². The van der Waals surface area contributed by atoms with E-state index in [2.05, 4.69) is 20.9 Å². The minimum absolute atomic E-state index is 0.387. The van der Waals surface area contributed by atoms with Crippen LogP contribution in [-0.4, -0.2) is 5.91 Å². The van der Waals surface area contributed by atoms with Gasteiger partial charge in [-0.15, -0.1) is 0 Å². The molecule has 1 aliphatic heterocycles. The summed E-state index contributed by atoms with van der Waals surface area (Å²) in [5.41, 5.74) is 0. The van der Waals surface area contributed by atoms with Gasteiger partial charge in [-0.25, -0.2) is 4.99 Å². The van der Waals surface area contributed by atoms with Crippen molar-refractivity contribution in [1.29, 1.82) is 5.26 Å². The topological polar surface area (TPSA) is 53.2 Å². The smallest absolute Gasteiger partial charge is 0.267 e. The molecule has 1 aromatic carbocycles. The molecule has 0 spiro atoms. The van der Waals surface area contributed by atoms with Gasteiger partial charge in [-0.2, -0.15) is 5.26 Å². The molecular formula is C10H5BrN2O. The first-order chi connectivity index (χ1) is 6.70. The quantitative estimate of drug-likeness (QED) is 0.673. The van der Waals surface area contributed by atoms with Gasteiger partial charge in [0.05, 0.1) is 11.4 Å². The number of fused-ring (bicyclic) bond motifs is 1. The molecule has 1 aliphatic rings. The van der Waals surface area contributed by atoms with Crippen LogP contribution >= 0.6 is 15.9 Å². The maximum atomic E-state index is 11.2. The van der Waals surface area contributed by atoms with Gasteiger partial charge in [0.1, 0.15) is 5.92 Å². The normalized spacial score (nSPS) is 18.9. The monoisotopic (exact) mass is 248 g/mol. The van der Waals surface area contributed by atoms with E-state index in [4.69, 9.17) is 5.26 Å². The molecule has 1 heterocycles. The molecule has 68 valence electrons. The Bertz CT molecular complexity index is 556. The fraction of sp³-hybridized carbons (Fsp3) is 0.100. The predicted octanol–water partition coefficient (Wildman–Crippen LogP) is 0.529. The second-order valence-electron chi connectivity index (χ2n) is 2.93. The Morgan fingerprint density at radius 1 is 1.50 bits per heavy atom. The van der Waals surface area contributed by atoms with Crippen LogP contribution in [0.25, 0.3) is 6.08 Å². The summed E-state index contributed by atoms with van der Waals surface area (Å²) in [6.45, 7) is 0. The molecule has 0 fully saturated rings. The van der Waals surface area contributed by atoms with Crippen LogP contribution in [0.5, 0.6) is 0 Å². The van der Waals surface area contributed by atoms with Crippen molar-refractivity contribution in [2.75, 3.05) is 0 Å². The Kier molecular flexibility index (Phi) is 2.18. The van der Waals surface area contributed by atoms with Crippen molar-refractivity contribution in [3.8, 4) is 6.07 Å². The third kappa shape index (κ3) is 1.47. The highest BCUT2D eigenvalue weighted by atomic mass is 79.9. The lowest BCUT2D eigenvalue weighted by Gasteiger charge is -2.03. The summed E-state index contributed by atoms with van der Waals surface area (Å²) in [4.78, 5) is 15.1. The van der Waals surface area contributed by atoms with Crippen LogP contribution < -0.4 is 10.6 Å². The summed E-state index contributed by atoms with van der Waals surface area (Å²) in [6, 6.07) is 7.31. The molecule has 0 saturated carbocycles. The van der Waals surface area contributed by atoms with Gasteiger partial charge in [-0.05, 0) is 29.5 Å². The summed E-state index contributed by atoms with van der Waals surface area (Å²) in [7, 11) is 0. The van der Waals surface area contributed by atoms with E-state index < -0.39 is 5.92 Å². The van der Waals surface area contributed by atoms with Crippen LogP contribution in [0.1, 0.15) is 0 Å². The molecule has 4 heteroatoms. The number of hydrogen-bond acceptors (Lipinski definition) is 2. The molecule has 0 N–H and O–H groups in total. The molecule has 2 rings (SSSR count). The Morgan fingerprint density at radius 2 is 2.29 bits per heavy atom. The van der Waals surface area contributed by atoms with E-state index in [1.807, 2.05) is 18.2 Å². The lowest BCUT2D eigenvalue weighted by molar-refractivity contribution is -0.118. The van der Waals surface area contributed by atoms with E-state index >= 15 is 0 Å². The molecule has 0 aromatic heterocycles.